The molecule has 1 aliphatic heterocycles. The molecule has 120 valence electrons. The Morgan fingerprint density at radius 2 is 1.95 bits per heavy atom. The number of nitrogens with zero attached hydrogens (tertiary/aromatic N) is 1. The molecule has 1 atom stereocenters. The quantitative estimate of drug-likeness (QED) is 0.904. The molecule has 2 rings (SSSR count). The van der Waals surface area contributed by atoms with E-state index >= 15 is 0 Å². The van der Waals surface area contributed by atoms with Crippen LogP contribution in [0.15, 0.2) is 24.3 Å². The summed E-state index contributed by atoms with van der Waals surface area (Å²) >= 11 is 5.79. The molecule has 0 saturated carbocycles. The van der Waals surface area contributed by atoms with Gasteiger partial charge in [-0.3, -0.25) is 9.59 Å². The van der Waals surface area contributed by atoms with E-state index < -0.39 is 5.97 Å². The SMILES string of the molecule is O=C(O)CC1CCCN(C(=O)COc2ccc(Cl)cc2)CC1. The number of hydrogen-bond donors (Lipinski definition) is 1. The number of benzene rings is 1. The molecular formula is C16H20ClNO4. The smallest absolute Gasteiger partial charge is 0.303 e. The molecular weight excluding hydrogens is 306 g/mol. The highest BCUT2D eigenvalue weighted by molar-refractivity contribution is 6.30. The number of halogens is 1. The molecule has 0 bridgehead atoms. The Bertz CT molecular complexity index is 517. The lowest BCUT2D eigenvalue weighted by Crippen LogP contribution is -2.35. The van der Waals surface area contributed by atoms with Gasteiger partial charge in [-0.15, -0.1) is 0 Å². The second-order valence-electron chi connectivity index (χ2n) is 5.52. The zero-order chi connectivity index (χ0) is 15.9. The van der Waals surface area contributed by atoms with Crippen LogP contribution in [-0.2, 0) is 9.59 Å². The monoisotopic (exact) mass is 325 g/mol. The van der Waals surface area contributed by atoms with Crippen LogP contribution in [0, 0.1) is 5.92 Å². The summed E-state index contributed by atoms with van der Waals surface area (Å²) in [4.78, 5) is 24.7. The fourth-order valence-corrected chi connectivity index (χ4v) is 2.76. The van der Waals surface area contributed by atoms with Crippen molar-refractivity contribution in [2.24, 2.45) is 5.92 Å². The van der Waals surface area contributed by atoms with E-state index in [0.29, 0.717) is 23.9 Å². The number of aliphatic carboxylic acids is 1. The molecule has 6 heteroatoms. The number of amides is 1. The fourth-order valence-electron chi connectivity index (χ4n) is 2.63. The maximum Gasteiger partial charge on any atom is 0.303 e. The van der Waals surface area contributed by atoms with Gasteiger partial charge in [0.1, 0.15) is 5.75 Å². The van der Waals surface area contributed by atoms with Gasteiger partial charge in [-0.25, -0.2) is 0 Å². The topological polar surface area (TPSA) is 66.8 Å². The van der Waals surface area contributed by atoms with Crippen LogP contribution < -0.4 is 4.74 Å². The molecule has 22 heavy (non-hydrogen) atoms. The van der Waals surface area contributed by atoms with Gasteiger partial charge in [0, 0.05) is 24.5 Å². The van der Waals surface area contributed by atoms with Crippen molar-refractivity contribution < 1.29 is 19.4 Å². The van der Waals surface area contributed by atoms with Crippen molar-refractivity contribution in [1.29, 1.82) is 0 Å². The second kappa shape index (κ2) is 8.03. The lowest BCUT2D eigenvalue weighted by molar-refractivity contribution is -0.138. The summed E-state index contributed by atoms with van der Waals surface area (Å²) in [6, 6.07) is 6.87. The minimum absolute atomic E-state index is 0.00870. The Balaban J connectivity index is 1.79. The number of carboxylic acid groups (broad SMARTS) is 1. The molecule has 0 spiro atoms. The number of carboxylic acids is 1. The van der Waals surface area contributed by atoms with E-state index in [1.165, 1.54) is 0 Å². The van der Waals surface area contributed by atoms with Crippen LogP contribution in [0.3, 0.4) is 0 Å². The van der Waals surface area contributed by atoms with Crippen molar-refractivity contribution in [3.63, 3.8) is 0 Å². The molecule has 0 radical (unpaired) electrons. The molecule has 1 heterocycles. The van der Waals surface area contributed by atoms with Crippen molar-refractivity contribution >= 4 is 23.5 Å². The molecule has 1 aliphatic rings. The van der Waals surface area contributed by atoms with Gasteiger partial charge in [0.25, 0.3) is 5.91 Å². The molecule has 1 aromatic carbocycles. The number of ether oxygens (including phenoxy) is 1. The summed E-state index contributed by atoms with van der Waals surface area (Å²) in [5.74, 6) is -0.0643. The van der Waals surface area contributed by atoms with Crippen LogP contribution >= 0.6 is 11.6 Å². The van der Waals surface area contributed by atoms with E-state index in [4.69, 9.17) is 21.4 Å². The van der Waals surface area contributed by atoms with Gasteiger partial charge in [-0.05, 0) is 49.4 Å². The standard InChI is InChI=1S/C16H20ClNO4/c17-13-3-5-14(6-4-13)22-11-15(19)18-8-1-2-12(7-9-18)10-16(20)21/h3-6,12H,1-2,7-11H2,(H,20,21). The predicted octanol–water partition coefficient (Wildman–Crippen LogP) is 2.82. The van der Waals surface area contributed by atoms with E-state index in [2.05, 4.69) is 0 Å². The zero-order valence-electron chi connectivity index (χ0n) is 12.3. The molecule has 1 N–H and O–H groups in total. The first-order valence-corrected chi connectivity index (χ1v) is 7.80. The Kier molecular flexibility index (Phi) is 6.07. The highest BCUT2D eigenvalue weighted by atomic mass is 35.5. The first-order chi connectivity index (χ1) is 10.5. The normalized spacial score (nSPS) is 18.6. The Hall–Kier alpha value is -1.75. The lowest BCUT2D eigenvalue weighted by atomic mass is 9.97. The maximum atomic E-state index is 12.2. The number of rotatable bonds is 5. The molecule has 1 unspecified atom stereocenters. The first kappa shape index (κ1) is 16.6. The summed E-state index contributed by atoms with van der Waals surface area (Å²) in [7, 11) is 0. The van der Waals surface area contributed by atoms with Crippen molar-refractivity contribution in [3.05, 3.63) is 29.3 Å². The van der Waals surface area contributed by atoms with Crippen LogP contribution in [0.4, 0.5) is 0 Å². The summed E-state index contributed by atoms with van der Waals surface area (Å²) < 4.78 is 5.46. The first-order valence-electron chi connectivity index (χ1n) is 7.42. The molecule has 1 fully saturated rings. The van der Waals surface area contributed by atoms with Gasteiger partial charge in [0.15, 0.2) is 6.61 Å². The third-order valence-electron chi connectivity index (χ3n) is 3.84. The highest BCUT2D eigenvalue weighted by Gasteiger charge is 2.22. The minimum atomic E-state index is -0.768. The maximum absolute atomic E-state index is 12.2. The predicted molar refractivity (Wildman–Crippen MR) is 83.1 cm³/mol. The van der Waals surface area contributed by atoms with Gasteiger partial charge in [0.05, 0.1) is 0 Å². The van der Waals surface area contributed by atoms with Crippen molar-refractivity contribution in [3.8, 4) is 5.75 Å². The van der Waals surface area contributed by atoms with Crippen LogP contribution in [0.5, 0.6) is 5.75 Å². The average molecular weight is 326 g/mol. The Morgan fingerprint density at radius 3 is 2.64 bits per heavy atom. The van der Waals surface area contributed by atoms with Crippen molar-refractivity contribution in [1.82, 2.24) is 4.90 Å². The number of carbonyl (C=O) groups excluding carboxylic acids is 1. The molecule has 5 nitrogen and oxygen atoms in total. The van der Waals surface area contributed by atoms with Crippen LogP contribution in [0.1, 0.15) is 25.7 Å². The second-order valence-corrected chi connectivity index (χ2v) is 5.95. The van der Waals surface area contributed by atoms with Crippen LogP contribution in [-0.4, -0.2) is 41.6 Å². The van der Waals surface area contributed by atoms with E-state index in [0.717, 1.165) is 19.3 Å². The van der Waals surface area contributed by atoms with Crippen molar-refractivity contribution in [2.45, 2.75) is 25.7 Å². The van der Waals surface area contributed by atoms with Gasteiger partial charge in [-0.2, -0.15) is 0 Å². The molecule has 1 aromatic rings. The Labute approximate surface area is 134 Å². The van der Waals surface area contributed by atoms with E-state index in [1.54, 1.807) is 29.2 Å². The number of hydrogen-bond acceptors (Lipinski definition) is 3. The lowest BCUT2D eigenvalue weighted by Gasteiger charge is -2.20. The summed E-state index contributed by atoms with van der Waals surface area (Å²) in [5, 5.41) is 9.47. The van der Waals surface area contributed by atoms with Gasteiger partial charge >= 0.3 is 5.97 Å². The average Bonchev–Trinajstić information content (AvgIpc) is 2.71. The Morgan fingerprint density at radius 1 is 1.23 bits per heavy atom. The fraction of sp³-hybridized carbons (Fsp3) is 0.500. The molecule has 0 aromatic heterocycles. The van der Waals surface area contributed by atoms with E-state index in [1.807, 2.05) is 0 Å². The third-order valence-corrected chi connectivity index (χ3v) is 4.09. The summed E-state index contributed by atoms with van der Waals surface area (Å²) in [5.41, 5.74) is 0. The van der Waals surface area contributed by atoms with Crippen LogP contribution in [0.25, 0.3) is 0 Å². The summed E-state index contributed by atoms with van der Waals surface area (Å²) in [6.07, 6.45) is 2.61. The van der Waals surface area contributed by atoms with Gasteiger partial charge in [-0.1, -0.05) is 11.6 Å². The van der Waals surface area contributed by atoms with Gasteiger partial charge < -0.3 is 14.7 Å². The van der Waals surface area contributed by atoms with E-state index in [-0.39, 0.29) is 24.9 Å². The molecule has 1 saturated heterocycles. The third kappa shape index (κ3) is 5.22. The van der Waals surface area contributed by atoms with Crippen LogP contribution in [0.2, 0.25) is 5.02 Å². The number of carbonyl (C=O) groups is 2. The van der Waals surface area contributed by atoms with Crippen molar-refractivity contribution in [2.75, 3.05) is 19.7 Å². The number of likely N-dealkylation sites (tertiary alicyclic amines) is 1. The largest absolute Gasteiger partial charge is 0.484 e. The molecule has 0 aliphatic carbocycles. The zero-order valence-corrected chi connectivity index (χ0v) is 13.1. The minimum Gasteiger partial charge on any atom is -0.484 e. The van der Waals surface area contributed by atoms with Gasteiger partial charge in [0.2, 0.25) is 0 Å². The molecule has 1 amide bonds. The van der Waals surface area contributed by atoms with E-state index in [9.17, 15) is 9.59 Å². The summed E-state index contributed by atoms with van der Waals surface area (Å²) in [6.45, 7) is 1.25. The highest BCUT2D eigenvalue weighted by Crippen LogP contribution is 2.21.